The second kappa shape index (κ2) is 38.1. The second-order valence-electron chi connectivity index (χ2n) is 10.5. The van der Waals surface area contributed by atoms with Crippen LogP contribution in [0.2, 0.25) is 0 Å². The largest absolute Gasteiger partial charge is 0.171 e. The van der Waals surface area contributed by atoms with E-state index in [2.05, 4.69) is 177 Å². The zero-order chi connectivity index (χ0) is 40.9. The molecule has 0 bridgehead atoms. The fraction of sp³-hybridized carbons (Fsp3) is 0.429. The van der Waals surface area contributed by atoms with Crippen LogP contribution in [0, 0.1) is 0 Å². The van der Waals surface area contributed by atoms with Crippen molar-refractivity contribution in [2.75, 3.05) is 0 Å². The first kappa shape index (κ1) is 55.1. The summed E-state index contributed by atoms with van der Waals surface area (Å²) < 4.78 is -0.0906. The van der Waals surface area contributed by atoms with Crippen molar-refractivity contribution in [1.82, 2.24) is 0 Å². The summed E-state index contributed by atoms with van der Waals surface area (Å²) in [6.07, 6.45) is 5.00. The van der Waals surface area contributed by atoms with E-state index in [0.717, 1.165) is 0 Å². The van der Waals surface area contributed by atoms with Gasteiger partial charge in [-0.15, -0.1) is 0 Å². The average molecular weight is 793 g/mol. The summed E-state index contributed by atoms with van der Waals surface area (Å²) in [6, 6.07) is 43.4. The molecule has 2 heterocycles. The normalized spacial score (nSPS) is 12.5. The van der Waals surface area contributed by atoms with Gasteiger partial charge in [0.05, 0.1) is 0 Å². The van der Waals surface area contributed by atoms with Crippen LogP contribution < -0.4 is 0 Å². The fourth-order valence-electron chi connectivity index (χ4n) is 3.93. The van der Waals surface area contributed by atoms with Crippen LogP contribution in [-0.4, -0.2) is 2.74 Å². The van der Waals surface area contributed by atoms with E-state index in [1.165, 1.54) is 67.6 Å². The molecular weight excluding hydrogens is 717 g/mol. The first-order valence-electron chi connectivity index (χ1n) is 20.4. The quantitative estimate of drug-likeness (QED) is 0.202. The SMILES string of the molecule is CC.CC.CC.CC.CCC.CCC.CCC.CCC.c1ccc(C2=C(c3ccccc3)SC3(S2)SC(c2ccccc2)=C(c2ccccc2)S3)cc1. The number of hydrogen-bond donors (Lipinski definition) is 0. The molecule has 6 rings (SSSR count). The van der Waals surface area contributed by atoms with Gasteiger partial charge in [0.2, 0.25) is 0 Å². The molecule has 0 atom stereocenters. The molecular formula is C49H76S4. The third kappa shape index (κ3) is 20.9. The Hall–Kier alpha value is -2.24. The summed E-state index contributed by atoms with van der Waals surface area (Å²) in [6.45, 7) is 33.0. The van der Waals surface area contributed by atoms with Gasteiger partial charge >= 0.3 is 0 Å². The number of thioether (sulfide) groups is 4. The Bertz CT molecular complexity index is 1170. The lowest BCUT2D eigenvalue weighted by molar-refractivity contribution is 1.09. The lowest BCUT2D eigenvalue weighted by atomic mass is 10.1. The van der Waals surface area contributed by atoms with E-state index in [-0.39, 0.29) is 2.74 Å². The van der Waals surface area contributed by atoms with Crippen molar-refractivity contribution in [2.24, 2.45) is 0 Å². The van der Waals surface area contributed by atoms with Crippen LogP contribution in [0.5, 0.6) is 0 Å². The van der Waals surface area contributed by atoms with Gasteiger partial charge in [-0.3, -0.25) is 0 Å². The van der Waals surface area contributed by atoms with E-state index in [4.69, 9.17) is 0 Å². The second-order valence-corrected chi connectivity index (χ2v) is 17.0. The summed E-state index contributed by atoms with van der Waals surface area (Å²) in [7, 11) is 0. The van der Waals surface area contributed by atoms with Crippen molar-refractivity contribution in [2.45, 2.75) is 139 Å². The van der Waals surface area contributed by atoms with Gasteiger partial charge in [0.1, 0.15) is 0 Å². The molecule has 0 aliphatic carbocycles. The molecule has 0 N–H and O–H groups in total. The van der Waals surface area contributed by atoms with Crippen LogP contribution in [-0.2, 0) is 0 Å². The molecule has 0 amide bonds. The Morgan fingerprint density at radius 3 is 0.547 bits per heavy atom. The highest BCUT2D eigenvalue weighted by molar-refractivity contribution is 8.58. The Morgan fingerprint density at radius 1 is 0.283 bits per heavy atom. The standard InChI is InChI=1S/C29H20S4.4C3H8.4C2H6/c1-5-13-21(14-6-1)25-26(22-15-7-2-8-16-22)31-29(30-25)32-27(23-17-9-3-10-18-23)28(33-29)24-19-11-4-12-20-24;4*1-3-2;4*1-2/h1-20H;4*3H2,1-2H3;4*1-2H3. The van der Waals surface area contributed by atoms with Gasteiger partial charge in [-0.05, 0) is 22.3 Å². The van der Waals surface area contributed by atoms with Crippen molar-refractivity contribution in [3.63, 3.8) is 0 Å². The molecule has 4 aromatic rings. The fourth-order valence-corrected chi connectivity index (χ4v) is 11.3. The van der Waals surface area contributed by atoms with Crippen molar-refractivity contribution in [3.8, 4) is 0 Å². The summed E-state index contributed by atoms with van der Waals surface area (Å²) >= 11 is 8.00. The molecule has 4 aromatic carbocycles. The smallest absolute Gasteiger partial charge is 0.0835 e. The highest BCUT2D eigenvalue weighted by Crippen LogP contribution is 2.78. The summed E-state index contributed by atoms with van der Waals surface area (Å²) in [5, 5.41) is 0. The van der Waals surface area contributed by atoms with E-state index >= 15 is 0 Å². The van der Waals surface area contributed by atoms with Gasteiger partial charge in [-0.1, -0.05) is 305 Å². The lowest BCUT2D eigenvalue weighted by Crippen LogP contribution is -2.01. The van der Waals surface area contributed by atoms with Gasteiger partial charge in [0.25, 0.3) is 0 Å². The maximum Gasteiger partial charge on any atom is 0.171 e. The van der Waals surface area contributed by atoms with Gasteiger partial charge in [-0.25, -0.2) is 0 Å². The van der Waals surface area contributed by atoms with Crippen LogP contribution >= 0.6 is 47.0 Å². The summed E-state index contributed by atoms with van der Waals surface area (Å²) in [4.78, 5) is 5.48. The first-order chi connectivity index (χ1) is 26.0. The van der Waals surface area contributed by atoms with Crippen molar-refractivity contribution in [1.29, 1.82) is 0 Å². The molecule has 2 aliphatic heterocycles. The van der Waals surface area contributed by atoms with E-state index in [1.807, 2.05) is 102 Å². The third-order valence-electron chi connectivity index (χ3n) is 5.46. The highest BCUT2D eigenvalue weighted by atomic mass is 32.3. The molecule has 0 saturated carbocycles. The molecule has 4 heteroatoms. The molecule has 53 heavy (non-hydrogen) atoms. The van der Waals surface area contributed by atoms with E-state index < -0.39 is 0 Å². The molecule has 1 spiro atoms. The number of benzene rings is 4. The molecule has 0 aromatic heterocycles. The monoisotopic (exact) mass is 792 g/mol. The maximum absolute atomic E-state index is 2.23. The molecule has 0 unspecified atom stereocenters. The molecule has 2 aliphatic rings. The molecule has 0 fully saturated rings. The van der Waals surface area contributed by atoms with Crippen molar-refractivity contribution in [3.05, 3.63) is 144 Å². The Kier molecular flexibility index (Phi) is 39.6. The van der Waals surface area contributed by atoms with Crippen LogP contribution in [0.4, 0.5) is 0 Å². The maximum atomic E-state index is 2.23. The van der Waals surface area contributed by atoms with E-state index in [0.29, 0.717) is 0 Å². The minimum atomic E-state index is -0.0906. The lowest BCUT2D eigenvalue weighted by Gasteiger charge is -2.21. The van der Waals surface area contributed by atoms with Crippen molar-refractivity contribution >= 4 is 66.7 Å². The average Bonchev–Trinajstić information content (AvgIpc) is 3.81. The highest BCUT2D eigenvalue weighted by Gasteiger charge is 2.49. The van der Waals surface area contributed by atoms with Gasteiger partial charge < -0.3 is 0 Å². The molecule has 0 radical (unpaired) electrons. The van der Waals surface area contributed by atoms with E-state index in [1.54, 1.807) is 0 Å². The van der Waals surface area contributed by atoms with Crippen LogP contribution in [0.3, 0.4) is 0 Å². The van der Waals surface area contributed by atoms with Crippen molar-refractivity contribution < 1.29 is 0 Å². The Balaban J connectivity index is -0.00000107. The Morgan fingerprint density at radius 2 is 0.415 bits per heavy atom. The molecule has 296 valence electrons. The zero-order valence-electron chi connectivity index (χ0n) is 36.5. The van der Waals surface area contributed by atoms with Crippen LogP contribution in [0.25, 0.3) is 19.6 Å². The predicted molar refractivity (Wildman–Crippen MR) is 262 cm³/mol. The first-order valence-corrected chi connectivity index (χ1v) is 23.7. The topological polar surface area (TPSA) is 0 Å². The van der Waals surface area contributed by atoms with E-state index in [9.17, 15) is 0 Å². The predicted octanol–water partition coefficient (Wildman–Crippen LogP) is 19.4. The minimum Gasteiger partial charge on any atom is -0.0835 e. The summed E-state index contributed by atoms with van der Waals surface area (Å²) in [5.41, 5.74) is 5.17. The summed E-state index contributed by atoms with van der Waals surface area (Å²) in [5.74, 6) is 0. The van der Waals surface area contributed by atoms with Crippen LogP contribution in [0.15, 0.2) is 121 Å². The Labute approximate surface area is 347 Å². The third-order valence-corrected chi connectivity index (χ3v) is 12.3. The number of rotatable bonds is 4. The van der Waals surface area contributed by atoms with Gasteiger partial charge in [-0.2, -0.15) is 0 Å². The van der Waals surface area contributed by atoms with Crippen LogP contribution in [0.1, 0.15) is 159 Å². The van der Waals surface area contributed by atoms with Gasteiger partial charge in [0.15, 0.2) is 2.74 Å². The van der Waals surface area contributed by atoms with Gasteiger partial charge in [0, 0.05) is 19.6 Å². The minimum absolute atomic E-state index is 0.0906. The molecule has 0 nitrogen and oxygen atoms in total. The molecule has 0 saturated heterocycles. The zero-order valence-corrected chi connectivity index (χ0v) is 39.8. The number of hydrogen-bond acceptors (Lipinski definition) is 4.